The second-order valence-corrected chi connectivity index (χ2v) is 26.5. The first-order chi connectivity index (χ1) is 41.0. The van der Waals surface area contributed by atoms with Crippen LogP contribution >= 0.6 is 46.4 Å². The summed E-state index contributed by atoms with van der Waals surface area (Å²) in [4.78, 5) is 38.8. The molecule has 6 aromatic rings. The molecule has 0 bridgehead atoms. The van der Waals surface area contributed by atoms with Crippen LogP contribution in [-0.2, 0) is 40.7 Å². The summed E-state index contributed by atoms with van der Waals surface area (Å²) in [7, 11) is -8.57. The van der Waals surface area contributed by atoms with Gasteiger partial charge in [0.15, 0.2) is 17.1 Å². The van der Waals surface area contributed by atoms with Gasteiger partial charge in [-0.15, -0.1) is 14.9 Å². The van der Waals surface area contributed by atoms with Gasteiger partial charge in [0.25, 0.3) is 5.69 Å². The van der Waals surface area contributed by atoms with Crippen LogP contribution < -0.4 is 60.4 Å². The molecule has 0 aliphatic carbocycles. The Morgan fingerprint density at radius 3 is 1.55 bits per heavy atom. The number of non-ortho nitro benzene ring substituents is 1. The van der Waals surface area contributed by atoms with Crippen molar-refractivity contribution in [1.29, 1.82) is 10.5 Å². The van der Waals surface area contributed by atoms with Crippen LogP contribution in [0.3, 0.4) is 0 Å². The fraction of sp³-hybridized carbons (Fsp3) is 0.393. The molecule has 0 spiro atoms. The van der Waals surface area contributed by atoms with E-state index in [4.69, 9.17) is 52.1 Å². The molecule has 2 amide bonds. The number of halogens is 4. The Balaban J connectivity index is 0.000000377. The molecule has 0 aliphatic heterocycles. The van der Waals surface area contributed by atoms with Crippen molar-refractivity contribution in [2.45, 2.75) is 106 Å². The van der Waals surface area contributed by atoms with Crippen molar-refractivity contribution in [3.8, 4) is 23.5 Å². The minimum absolute atomic E-state index is 0. The predicted molar refractivity (Wildman–Crippen MR) is 337 cm³/mol. The average molecular weight is 1350 g/mol. The molecule has 2 heterocycles. The first-order valence-corrected chi connectivity index (χ1v) is 31.7. The van der Waals surface area contributed by atoms with Crippen LogP contribution in [0.25, 0.3) is 11.4 Å². The number of rotatable bonds is 23. The van der Waals surface area contributed by atoms with Gasteiger partial charge in [0.05, 0.1) is 73.1 Å². The third-order valence-corrected chi connectivity index (χ3v) is 15.6. The number of hydrogen-bond donors (Lipinski definition) is 4. The Labute approximate surface area is 558 Å². The van der Waals surface area contributed by atoms with Crippen LogP contribution in [-0.4, -0.2) is 95.2 Å². The number of carbonyl (C=O) groups excluding carboxylic acids is 2. The zero-order chi connectivity index (χ0) is 65.8. The number of amides is 2. The van der Waals surface area contributed by atoms with E-state index >= 15 is 0 Å². The molecule has 5 N–H and O–H groups in total. The summed E-state index contributed by atoms with van der Waals surface area (Å²) in [6, 6.07) is 19.8. The molecule has 89 heavy (non-hydrogen) atoms. The van der Waals surface area contributed by atoms with Gasteiger partial charge in [-0.05, 0) is 93.2 Å². The van der Waals surface area contributed by atoms with Crippen molar-refractivity contribution in [2.24, 2.45) is 20.5 Å². The Morgan fingerprint density at radius 1 is 0.719 bits per heavy atom. The zero-order valence-electron chi connectivity index (χ0n) is 50.7. The largest absolute Gasteiger partial charge is 1.00 e. The van der Waals surface area contributed by atoms with Gasteiger partial charge in [0, 0.05) is 91.6 Å². The summed E-state index contributed by atoms with van der Waals surface area (Å²) >= 11 is 25.9. The molecule has 6 rings (SSSR count). The zero-order valence-corrected chi connectivity index (χ0v) is 57.4. The third kappa shape index (κ3) is 20.6. The summed E-state index contributed by atoms with van der Waals surface area (Å²) < 4.78 is 68.3. The van der Waals surface area contributed by atoms with E-state index in [1.54, 1.807) is 36.4 Å². The number of nitrogens with zero attached hydrogens (tertiary/aromatic N) is 12. The van der Waals surface area contributed by atoms with E-state index in [1.807, 2.05) is 65.2 Å². The predicted octanol–water partition coefficient (Wildman–Crippen LogP) is 9.66. The second kappa shape index (κ2) is 31.8. The smallest absolute Gasteiger partial charge is 0.748 e. The minimum atomic E-state index is -4.30. The Morgan fingerprint density at radius 2 is 1.17 bits per heavy atom. The maximum absolute atomic E-state index is 12.1. The number of unbranched alkanes of at least 4 members (excludes halogenated alkanes) is 2. The van der Waals surface area contributed by atoms with Gasteiger partial charge in [-0.25, -0.2) is 26.6 Å². The van der Waals surface area contributed by atoms with Crippen LogP contribution in [0.4, 0.5) is 57.1 Å². The average Bonchev–Trinajstić information content (AvgIpc) is 1.72. The molecule has 0 unspecified atom stereocenters. The molecular formula is C56H65Cl4N16NaO10S2. The quantitative estimate of drug-likeness (QED) is 0.00677. The van der Waals surface area contributed by atoms with Gasteiger partial charge in [0.1, 0.15) is 34.8 Å². The number of nitro groups is 1. The maximum Gasteiger partial charge on any atom is 1.00 e. The Hall–Kier alpha value is -6.80. The first-order valence-electron chi connectivity index (χ1n) is 27.1. The van der Waals surface area contributed by atoms with Crippen molar-refractivity contribution in [3.63, 3.8) is 0 Å². The molecule has 4 aromatic carbocycles. The van der Waals surface area contributed by atoms with Gasteiger partial charge in [-0.2, -0.15) is 15.6 Å². The number of aromatic nitrogens is 4. The second-order valence-electron chi connectivity index (χ2n) is 21.8. The summed E-state index contributed by atoms with van der Waals surface area (Å²) in [5, 5.41) is 62.7. The number of nitriles is 2. The van der Waals surface area contributed by atoms with Crippen LogP contribution in [0.2, 0.25) is 20.1 Å². The van der Waals surface area contributed by atoms with E-state index in [-0.39, 0.29) is 114 Å². The number of aromatic amines is 1. The molecule has 2 aromatic heterocycles. The monoisotopic (exact) mass is 1350 g/mol. The number of benzene rings is 4. The molecule has 33 heteroatoms. The SMILES string of the molecule is CCN(CCCCS(=O)(=O)[O-])c1ccc(N=Nc2c(C#N)c(C(C)(C)C)[nH][n+]2-c2c(Cl)cc(N)cc2Cl)c(NC(C)=O)c1.CCN(CCCCS(=O)(=O)[O-])c1ccc(N=Nc2c(C#N)c(C(C)(C)C)nn2-c2c(Cl)cc([N+](=O)[O-])cc2Cl)c(NC(C)=O)c1.[Na+]. The van der Waals surface area contributed by atoms with Crippen molar-refractivity contribution in [3.05, 3.63) is 113 Å². The van der Waals surface area contributed by atoms with Crippen molar-refractivity contribution in [1.82, 2.24) is 14.9 Å². The molecule has 0 radical (unpaired) electrons. The van der Waals surface area contributed by atoms with Gasteiger partial charge in [-0.3, -0.25) is 19.7 Å². The standard InChI is InChI=1S/C28H32Cl2N8O6S.C28H34Cl2N8O4S.Na/c1-6-36(11-7-8-12-45(42,43)44)18-9-10-23(24(15-18)32-17(2)39)33-34-27-20(16-31)26(28(3,4)5)35-37(27)25-21(29)13-19(38(40)41)14-22(25)30;1-6-37(11-7-8-12-43(40,41)42)19-9-10-23(24(15-19)33-17(2)39)34-35-27-20(16-31)26(28(3,4)5)36-38(27)25-21(29)13-18(32)14-22(25)30;/h9-10,13-15H,6-8,11-12H2,1-5H3,(H,32,39)(H,42,43,44);9-10,13-15H,6-8,11-12,32H2,1-5H3,(H2,33,35,36,39,40,41,42);/q;;+1/p-1. The van der Waals surface area contributed by atoms with E-state index in [1.165, 1.54) is 35.3 Å². The molecule has 0 atom stereocenters. The van der Waals surface area contributed by atoms with E-state index < -0.39 is 47.5 Å². The van der Waals surface area contributed by atoms with Crippen molar-refractivity contribution < 1.29 is 74.7 Å². The number of hydrogen-bond acceptors (Lipinski definition) is 20. The molecule has 470 valence electrons. The number of nitrogens with two attached hydrogens (primary N) is 1. The Bertz CT molecular complexity index is 3960. The van der Waals surface area contributed by atoms with Gasteiger partial charge in [-0.1, -0.05) is 87.9 Å². The number of carbonyl (C=O) groups is 2. The van der Waals surface area contributed by atoms with Crippen LogP contribution in [0, 0.1) is 32.8 Å². The summed E-state index contributed by atoms with van der Waals surface area (Å²) in [5.74, 6) is -1.48. The summed E-state index contributed by atoms with van der Waals surface area (Å²) in [5.41, 5.74) is 9.11. The maximum atomic E-state index is 12.1. The number of nitro benzene ring substituents is 1. The number of H-pyrrole nitrogens is 1. The Kier molecular flexibility index (Phi) is 26.7. The van der Waals surface area contributed by atoms with E-state index in [0.29, 0.717) is 84.5 Å². The number of azo groups is 2. The normalized spacial score (nSPS) is 11.8. The number of anilines is 5. The molecule has 0 fully saturated rings. The first kappa shape index (κ1) is 74.7. The van der Waals surface area contributed by atoms with E-state index in [0.717, 1.165) is 17.8 Å². The van der Waals surface area contributed by atoms with Crippen LogP contribution in [0.5, 0.6) is 0 Å². The summed E-state index contributed by atoms with van der Waals surface area (Å²) in [6.07, 6.45) is 1.39. The number of nitrogens with one attached hydrogen (secondary N) is 3. The van der Waals surface area contributed by atoms with E-state index in [2.05, 4.69) is 53.4 Å². The molecule has 0 aliphatic rings. The minimum Gasteiger partial charge on any atom is -0.748 e. The van der Waals surface area contributed by atoms with Crippen LogP contribution in [0.15, 0.2) is 81.1 Å². The molecular weight excluding hydrogens is 1290 g/mol. The molecule has 26 nitrogen and oxygen atoms in total. The van der Waals surface area contributed by atoms with Crippen LogP contribution in [0.1, 0.15) is 117 Å². The molecule has 0 saturated carbocycles. The number of nitrogen functional groups attached to an aromatic ring is 1. The van der Waals surface area contributed by atoms with Crippen molar-refractivity contribution in [2.75, 3.05) is 63.9 Å². The van der Waals surface area contributed by atoms with Gasteiger partial charge < -0.3 is 35.3 Å². The van der Waals surface area contributed by atoms with Crippen molar-refractivity contribution >= 4 is 136 Å². The van der Waals surface area contributed by atoms with E-state index in [9.17, 15) is 56.2 Å². The third-order valence-electron chi connectivity index (χ3n) is 12.9. The fourth-order valence-electron chi connectivity index (χ4n) is 8.79. The topological polar surface area (TPSA) is 383 Å². The summed E-state index contributed by atoms with van der Waals surface area (Å²) in [6.45, 7) is 20.0. The fourth-order valence-corrected chi connectivity index (χ4v) is 11.2. The van der Waals surface area contributed by atoms with Gasteiger partial charge in [0.2, 0.25) is 11.8 Å². The molecule has 0 saturated heterocycles. The van der Waals surface area contributed by atoms with Gasteiger partial charge >= 0.3 is 35.4 Å².